The van der Waals surface area contributed by atoms with Gasteiger partial charge in [0.1, 0.15) is 11.8 Å². The molecular formula is C23H18Cl2N2O3. The highest BCUT2D eigenvalue weighted by Crippen LogP contribution is 2.38. The van der Waals surface area contributed by atoms with Gasteiger partial charge in [0.15, 0.2) is 0 Å². The molecule has 5 nitrogen and oxygen atoms in total. The number of fused-ring (bicyclic) bond motifs is 1. The van der Waals surface area contributed by atoms with Gasteiger partial charge in [0.2, 0.25) is 0 Å². The quantitative estimate of drug-likeness (QED) is 0.582. The molecule has 0 aromatic heterocycles. The van der Waals surface area contributed by atoms with Crippen LogP contribution in [0, 0.1) is 0 Å². The fourth-order valence-electron chi connectivity index (χ4n) is 3.64. The summed E-state index contributed by atoms with van der Waals surface area (Å²) in [7, 11) is 1.57. The van der Waals surface area contributed by atoms with E-state index in [0.29, 0.717) is 32.6 Å². The van der Waals surface area contributed by atoms with Gasteiger partial charge in [-0.3, -0.25) is 9.59 Å². The fraction of sp³-hybridized carbons (Fsp3) is 0.130. The highest BCUT2D eigenvalue weighted by atomic mass is 35.5. The van der Waals surface area contributed by atoms with Crippen molar-refractivity contribution in [2.24, 2.45) is 0 Å². The molecule has 30 heavy (non-hydrogen) atoms. The number of amides is 2. The Bertz CT molecular complexity index is 1110. The Kier molecular flexibility index (Phi) is 5.66. The van der Waals surface area contributed by atoms with Gasteiger partial charge in [-0.2, -0.15) is 0 Å². The lowest BCUT2D eigenvalue weighted by Crippen LogP contribution is -2.35. The third-order valence-corrected chi connectivity index (χ3v) is 5.68. The zero-order chi connectivity index (χ0) is 21.3. The monoisotopic (exact) mass is 440 g/mol. The van der Waals surface area contributed by atoms with E-state index < -0.39 is 11.9 Å². The summed E-state index contributed by atoms with van der Waals surface area (Å²) in [4.78, 5) is 28.0. The van der Waals surface area contributed by atoms with Crippen LogP contribution in [-0.2, 0) is 11.3 Å². The average molecular weight is 441 g/mol. The molecule has 4 rings (SSSR count). The molecule has 2 amide bonds. The zero-order valence-electron chi connectivity index (χ0n) is 16.1. The van der Waals surface area contributed by atoms with Crippen molar-refractivity contribution in [3.63, 3.8) is 0 Å². The number of ether oxygens (including phenoxy) is 1. The number of rotatable bonds is 5. The minimum atomic E-state index is -0.828. The first-order valence-corrected chi connectivity index (χ1v) is 10.0. The molecule has 3 aromatic rings. The van der Waals surface area contributed by atoms with Crippen molar-refractivity contribution in [1.82, 2.24) is 4.90 Å². The Morgan fingerprint density at radius 1 is 1.00 bits per heavy atom. The Hall–Kier alpha value is -3.02. The van der Waals surface area contributed by atoms with Crippen LogP contribution >= 0.6 is 23.2 Å². The number of benzene rings is 3. The van der Waals surface area contributed by atoms with E-state index in [1.165, 1.54) is 4.90 Å². The van der Waals surface area contributed by atoms with Crippen LogP contribution in [0.5, 0.6) is 5.75 Å². The number of hydrogen-bond acceptors (Lipinski definition) is 3. The first-order chi connectivity index (χ1) is 14.5. The molecule has 1 heterocycles. The van der Waals surface area contributed by atoms with Crippen molar-refractivity contribution >= 4 is 40.7 Å². The summed E-state index contributed by atoms with van der Waals surface area (Å²) >= 11 is 12.4. The normalized spacial score (nSPS) is 15.1. The molecule has 0 saturated heterocycles. The van der Waals surface area contributed by atoms with Crippen molar-refractivity contribution in [1.29, 1.82) is 0 Å². The number of halogens is 2. The number of carbonyl (C=O) groups is 2. The van der Waals surface area contributed by atoms with Gasteiger partial charge in [0.25, 0.3) is 11.8 Å². The molecule has 0 saturated carbocycles. The van der Waals surface area contributed by atoms with Crippen molar-refractivity contribution in [2.75, 3.05) is 12.4 Å². The lowest BCUT2D eigenvalue weighted by atomic mass is 10.0. The molecule has 0 spiro atoms. The number of para-hydroxylation sites is 2. The summed E-state index contributed by atoms with van der Waals surface area (Å²) in [5.41, 5.74) is 2.26. The molecule has 1 aliphatic rings. The molecule has 7 heteroatoms. The predicted octanol–water partition coefficient (Wildman–Crippen LogP) is 5.34. The number of nitrogens with zero attached hydrogens (tertiary/aromatic N) is 1. The first-order valence-electron chi connectivity index (χ1n) is 9.28. The summed E-state index contributed by atoms with van der Waals surface area (Å²) in [6.45, 7) is 0.214. The molecule has 0 fully saturated rings. The van der Waals surface area contributed by atoms with Crippen molar-refractivity contribution < 1.29 is 14.3 Å². The van der Waals surface area contributed by atoms with Crippen LogP contribution in [0.3, 0.4) is 0 Å². The van der Waals surface area contributed by atoms with Gasteiger partial charge in [-0.05, 0) is 29.8 Å². The summed E-state index contributed by atoms with van der Waals surface area (Å²) < 4.78 is 5.42. The van der Waals surface area contributed by atoms with Crippen LogP contribution in [0.4, 0.5) is 5.69 Å². The van der Waals surface area contributed by atoms with Crippen molar-refractivity contribution in [3.8, 4) is 5.75 Å². The van der Waals surface area contributed by atoms with E-state index in [1.807, 2.05) is 30.3 Å². The maximum Gasteiger partial charge on any atom is 0.255 e. The lowest BCUT2D eigenvalue weighted by Gasteiger charge is -2.26. The van der Waals surface area contributed by atoms with Crippen molar-refractivity contribution in [3.05, 3.63) is 93.5 Å². The average Bonchev–Trinajstić information content (AvgIpc) is 3.03. The summed E-state index contributed by atoms with van der Waals surface area (Å²) in [6, 6.07) is 18.7. The van der Waals surface area contributed by atoms with E-state index in [9.17, 15) is 9.59 Å². The third kappa shape index (κ3) is 3.62. The molecule has 1 aliphatic heterocycles. The fourth-order valence-corrected chi connectivity index (χ4v) is 4.13. The minimum absolute atomic E-state index is 0.214. The second-order valence-corrected chi connectivity index (χ2v) is 7.63. The Labute approximate surface area is 184 Å². The Morgan fingerprint density at radius 3 is 2.40 bits per heavy atom. The summed E-state index contributed by atoms with van der Waals surface area (Å²) in [6.07, 6.45) is 0. The van der Waals surface area contributed by atoms with Gasteiger partial charge in [-0.25, -0.2) is 0 Å². The zero-order valence-corrected chi connectivity index (χ0v) is 17.6. The van der Waals surface area contributed by atoms with Crippen molar-refractivity contribution in [2.45, 2.75) is 12.6 Å². The molecule has 0 radical (unpaired) electrons. The van der Waals surface area contributed by atoms with E-state index in [2.05, 4.69) is 5.32 Å². The SMILES string of the molecule is COc1ccccc1CN1C(=O)c2ccccc2C1C(=O)Nc1c(Cl)cccc1Cl. The van der Waals surface area contributed by atoms with E-state index in [0.717, 1.165) is 5.56 Å². The van der Waals surface area contributed by atoms with Crippen LogP contribution in [0.15, 0.2) is 66.7 Å². The van der Waals surface area contributed by atoms with Crippen LogP contribution in [0.1, 0.15) is 27.5 Å². The molecule has 1 unspecified atom stereocenters. The lowest BCUT2D eigenvalue weighted by molar-refractivity contribution is -0.120. The van der Waals surface area contributed by atoms with Gasteiger partial charge < -0.3 is 15.0 Å². The van der Waals surface area contributed by atoms with E-state index in [4.69, 9.17) is 27.9 Å². The second-order valence-electron chi connectivity index (χ2n) is 6.82. The Balaban J connectivity index is 1.72. The molecule has 1 N–H and O–H groups in total. The number of carbonyl (C=O) groups excluding carboxylic acids is 2. The smallest absolute Gasteiger partial charge is 0.255 e. The molecule has 0 bridgehead atoms. The van der Waals surface area contributed by atoms with Gasteiger partial charge in [0.05, 0.1) is 29.4 Å². The molecule has 152 valence electrons. The van der Waals surface area contributed by atoms with Crippen LogP contribution < -0.4 is 10.1 Å². The van der Waals surface area contributed by atoms with E-state index >= 15 is 0 Å². The van der Waals surface area contributed by atoms with E-state index in [-0.39, 0.29) is 12.5 Å². The highest BCUT2D eigenvalue weighted by Gasteiger charge is 2.41. The third-order valence-electron chi connectivity index (χ3n) is 5.05. The molecule has 3 aromatic carbocycles. The van der Waals surface area contributed by atoms with Gasteiger partial charge in [0, 0.05) is 11.1 Å². The highest BCUT2D eigenvalue weighted by molar-refractivity contribution is 6.39. The Morgan fingerprint density at radius 2 is 1.67 bits per heavy atom. The number of anilines is 1. The van der Waals surface area contributed by atoms with Crippen LogP contribution in [0.25, 0.3) is 0 Å². The number of methoxy groups -OCH3 is 1. The van der Waals surface area contributed by atoms with Crippen LogP contribution in [0.2, 0.25) is 10.0 Å². The van der Waals surface area contributed by atoms with Gasteiger partial charge >= 0.3 is 0 Å². The predicted molar refractivity (Wildman–Crippen MR) is 117 cm³/mol. The second kappa shape index (κ2) is 8.38. The summed E-state index contributed by atoms with van der Waals surface area (Å²) in [5, 5.41) is 3.45. The maximum absolute atomic E-state index is 13.3. The standard InChI is InChI=1S/C23H18Cl2N2O3/c1-30-19-12-5-2-7-14(19)13-27-21(15-8-3-4-9-16(15)23(27)29)22(28)26-20-17(24)10-6-11-18(20)25/h2-12,21H,13H2,1H3,(H,26,28). The number of hydrogen-bond donors (Lipinski definition) is 1. The van der Waals surface area contributed by atoms with Crippen LogP contribution in [-0.4, -0.2) is 23.8 Å². The topological polar surface area (TPSA) is 58.6 Å². The molecule has 1 atom stereocenters. The number of nitrogens with one attached hydrogen (secondary N) is 1. The largest absolute Gasteiger partial charge is 0.496 e. The summed E-state index contributed by atoms with van der Waals surface area (Å²) in [5.74, 6) is 0.0367. The molecular weight excluding hydrogens is 423 g/mol. The minimum Gasteiger partial charge on any atom is -0.496 e. The van der Waals surface area contributed by atoms with Gasteiger partial charge in [-0.1, -0.05) is 65.7 Å². The maximum atomic E-state index is 13.3. The first kappa shape index (κ1) is 20.3. The van der Waals surface area contributed by atoms with E-state index in [1.54, 1.807) is 43.5 Å². The molecule has 0 aliphatic carbocycles. The van der Waals surface area contributed by atoms with Gasteiger partial charge in [-0.15, -0.1) is 0 Å².